The van der Waals surface area contributed by atoms with Gasteiger partial charge in [-0.15, -0.1) is 0 Å². The summed E-state index contributed by atoms with van der Waals surface area (Å²) in [6.45, 7) is 27.1. The molecule has 0 heteroatoms. The maximum Gasteiger partial charge on any atom is -0.0107 e. The van der Waals surface area contributed by atoms with Crippen LogP contribution in [0.5, 0.6) is 0 Å². The second-order valence-corrected chi connectivity index (χ2v) is 5.19. The first-order chi connectivity index (χ1) is 8.37. The Morgan fingerprint density at radius 2 is 1.44 bits per heavy atom. The van der Waals surface area contributed by atoms with Crippen molar-refractivity contribution in [2.45, 2.75) is 62.3 Å². The van der Waals surface area contributed by atoms with Crippen molar-refractivity contribution >= 4 is 0 Å². The molecular formula is C18H35. The molecule has 0 aromatic carbocycles. The summed E-state index contributed by atoms with van der Waals surface area (Å²) < 4.78 is 0. The van der Waals surface area contributed by atoms with Gasteiger partial charge in [0.05, 0.1) is 0 Å². The number of hydrogen-bond donors (Lipinski definition) is 0. The zero-order valence-corrected chi connectivity index (χ0v) is 14.2. The van der Waals surface area contributed by atoms with Gasteiger partial charge in [-0.3, -0.25) is 0 Å². The number of allylic oxidation sites excluding steroid dienone is 2. The Kier molecular flexibility index (Phi) is 10.7. The van der Waals surface area contributed by atoms with E-state index in [2.05, 4.69) is 55.4 Å². The Hall–Kier alpha value is -0.260. The molecule has 1 rings (SSSR count). The third-order valence-electron chi connectivity index (χ3n) is 4.24. The highest BCUT2D eigenvalue weighted by molar-refractivity contribution is 5.30. The lowest BCUT2D eigenvalue weighted by Gasteiger charge is -2.29. The molecule has 0 saturated carbocycles. The lowest BCUT2D eigenvalue weighted by atomic mass is 9.75. The first-order valence-corrected chi connectivity index (χ1v) is 7.42. The molecule has 18 heavy (non-hydrogen) atoms. The quantitative estimate of drug-likeness (QED) is 0.516. The van der Waals surface area contributed by atoms with Crippen molar-refractivity contribution in [3.63, 3.8) is 0 Å². The molecule has 1 aliphatic rings. The Morgan fingerprint density at radius 3 is 1.67 bits per heavy atom. The van der Waals surface area contributed by atoms with Crippen LogP contribution in [0.1, 0.15) is 62.3 Å². The van der Waals surface area contributed by atoms with Gasteiger partial charge in [-0.2, -0.15) is 0 Å². The normalized spacial score (nSPS) is 26.8. The van der Waals surface area contributed by atoms with Gasteiger partial charge in [0.25, 0.3) is 0 Å². The number of hydrogen-bond acceptors (Lipinski definition) is 0. The molecule has 0 saturated heterocycles. The van der Waals surface area contributed by atoms with Crippen molar-refractivity contribution in [3.8, 4) is 0 Å². The van der Waals surface area contributed by atoms with E-state index in [9.17, 15) is 0 Å². The Balaban J connectivity index is 0. The van der Waals surface area contributed by atoms with Gasteiger partial charge in [0.15, 0.2) is 0 Å². The molecule has 0 aliphatic heterocycles. The van der Waals surface area contributed by atoms with E-state index in [1.165, 1.54) is 0 Å². The molecule has 0 bridgehead atoms. The van der Waals surface area contributed by atoms with E-state index < -0.39 is 0 Å². The molecule has 3 radical (unpaired) electrons. The fourth-order valence-electron chi connectivity index (χ4n) is 2.57. The Bertz CT molecular complexity index is 234. The van der Waals surface area contributed by atoms with E-state index in [4.69, 9.17) is 0 Å². The molecule has 3 unspecified atom stereocenters. The van der Waals surface area contributed by atoms with Crippen molar-refractivity contribution in [1.82, 2.24) is 0 Å². The minimum atomic E-state index is 0.553. The maximum atomic E-state index is 4.34. The summed E-state index contributed by atoms with van der Waals surface area (Å²) in [6.07, 6.45) is 0. The second kappa shape index (κ2) is 9.64. The standard InChI is InChI=1S/C14H24.C2H6.C2H5/c1-8(2)9(3)14-12(6)10(4)11(5)13(14)7;2*1-2/h8,10,12,14H,6H2,1-5,7H3;1-2H3;1H2,2H3. The van der Waals surface area contributed by atoms with Crippen molar-refractivity contribution in [1.29, 1.82) is 0 Å². The average molecular weight is 251 g/mol. The van der Waals surface area contributed by atoms with Gasteiger partial charge >= 0.3 is 0 Å². The molecular weight excluding hydrogens is 216 g/mol. The van der Waals surface area contributed by atoms with Gasteiger partial charge in [-0.25, -0.2) is 0 Å². The smallest absolute Gasteiger partial charge is 0.0107 e. The summed E-state index contributed by atoms with van der Waals surface area (Å²) in [5.74, 6) is 4.12. The van der Waals surface area contributed by atoms with Crippen LogP contribution in [0.25, 0.3) is 0 Å². The first-order valence-electron chi connectivity index (χ1n) is 7.42. The van der Waals surface area contributed by atoms with Crippen LogP contribution in [0.4, 0.5) is 0 Å². The van der Waals surface area contributed by atoms with Crippen molar-refractivity contribution in [3.05, 3.63) is 30.9 Å². The summed E-state index contributed by atoms with van der Waals surface area (Å²) in [7, 11) is 0. The zero-order valence-electron chi connectivity index (χ0n) is 14.2. The van der Waals surface area contributed by atoms with Crippen LogP contribution in [0.3, 0.4) is 0 Å². The predicted octanol–water partition coefficient (Wildman–Crippen LogP) is 6.16. The average Bonchev–Trinajstić information content (AvgIpc) is 2.58. The van der Waals surface area contributed by atoms with Crippen LogP contribution >= 0.6 is 0 Å². The van der Waals surface area contributed by atoms with E-state index in [1.807, 2.05) is 13.8 Å². The third kappa shape index (κ3) is 4.44. The molecule has 3 atom stereocenters. The first kappa shape index (κ1) is 20.1. The fourth-order valence-corrected chi connectivity index (χ4v) is 2.57. The molecule has 0 aromatic heterocycles. The minimum Gasteiger partial charge on any atom is -0.0710 e. The van der Waals surface area contributed by atoms with Gasteiger partial charge in [0.2, 0.25) is 0 Å². The van der Waals surface area contributed by atoms with E-state index in [0.717, 1.165) is 0 Å². The SMILES string of the molecule is CC.[CH2]C.[CH2]C1C(C)C(C)=C(C)C1[C](C)C(C)C. The monoisotopic (exact) mass is 251 g/mol. The second-order valence-electron chi connectivity index (χ2n) is 5.19. The molecule has 1 aliphatic carbocycles. The largest absolute Gasteiger partial charge is 0.0710 e. The van der Waals surface area contributed by atoms with Crippen molar-refractivity contribution in [2.75, 3.05) is 0 Å². The molecule has 0 fully saturated rings. The molecule has 0 amide bonds. The molecule has 0 spiro atoms. The molecule has 0 heterocycles. The van der Waals surface area contributed by atoms with Gasteiger partial charge in [0.1, 0.15) is 0 Å². The molecule has 0 aromatic rings. The highest BCUT2D eigenvalue weighted by Gasteiger charge is 2.37. The summed E-state index contributed by atoms with van der Waals surface area (Å²) >= 11 is 0. The van der Waals surface area contributed by atoms with Crippen LogP contribution in [0.15, 0.2) is 11.1 Å². The molecule has 0 N–H and O–H groups in total. The van der Waals surface area contributed by atoms with Crippen LogP contribution < -0.4 is 0 Å². The van der Waals surface area contributed by atoms with E-state index >= 15 is 0 Å². The van der Waals surface area contributed by atoms with E-state index in [1.54, 1.807) is 24.0 Å². The lowest BCUT2D eigenvalue weighted by molar-refractivity contribution is 0.382. The third-order valence-corrected chi connectivity index (χ3v) is 4.24. The summed E-state index contributed by atoms with van der Waals surface area (Å²) in [6, 6.07) is 0. The minimum absolute atomic E-state index is 0.553. The van der Waals surface area contributed by atoms with Crippen LogP contribution in [0, 0.1) is 43.4 Å². The van der Waals surface area contributed by atoms with Crippen molar-refractivity contribution in [2.24, 2.45) is 23.7 Å². The van der Waals surface area contributed by atoms with Gasteiger partial charge in [-0.05, 0) is 50.4 Å². The maximum absolute atomic E-state index is 4.34. The Labute approximate surface area is 117 Å². The van der Waals surface area contributed by atoms with Gasteiger partial charge < -0.3 is 0 Å². The molecule has 107 valence electrons. The number of rotatable bonds is 2. The summed E-state index contributed by atoms with van der Waals surface area (Å²) in [5, 5.41) is 0. The summed E-state index contributed by atoms with van der Waals surface area (Å²) in [5.41, 5.74) is 3.14. The van der Waals surface area contributed by atoms with Crippen LogP contribution in [0.2, 0.25) is 0 Å². The Morgan fingerprint density at radius 1 is 1.06 bits per heavy atom. The van der Waals surface area contributed by atoms with E-state index in [-0.39, 0.29) is 0 Å². The van der Waals surface area contributed by atoms with Crippen molar-refractivity contribution < 1.29 is 0 Å². The highest BCUT2D eigenvalue weighted by Crippen LogP contribution is 2.46. The highest BCUT2D eigenvalue weighted by atomic mass is 14.4. The van der Waals surface area contributed by atoms with Crippen LogP contribution in [-0.4, -0.2) is 0 Å². The predicted molar refractivity (Wildman–Crippen MR) is 86.0 cm³/mol. The van der Waals surface area contributed by atoms with Gasteiger partial charge in [0, 0.05) is 0 Å². The molecule has 0 nitrogen and oxygen atoms in total. The lowest BCUT2D eigenvalue weighted by Crippen LogP contribution is -2.21. The zero-order chi connectivity index (χ0) is 15.0. The van der Waals surface area contributed by atoms with Crippen LogP contribution in [-0.2, 0) is 0 Å². The van der Waals surface area contributed by atoms with Gasteiger partial charge in [-0.1, -0.05) is 66.5 Å². The fraction of sp³-hybridized carbons (Fsp3) is 0.722. The van der Waals surface area contributed by atoms with E-state index in [0.29, 0.717) is 23.7 Å². The summed E-state index contributed by atoms with van der Waals surface area (Å²) in [4.78, 5) is 0. The topological polar surface area (TPSA) is 0 Å².